The maximum absolute atomic E-state index is 13.0. The summed E-state index contributed by atoms with van der Waals surface area (Å²) < 4.78 is 5.69. The Hall–Kier alpha value is -2.33. The van der Waals surface area contributed by atoms with E-state index in [-0.39, 0.29) is 12.5 Å². The smallest absolute Gasteiger partial charge is 0.253 e. The summed E-state index contributed by atoms with van der Waals surface area (Å²) in [5, 5.41) is 9.83. The van der Waals surface area contributed by atoms with Gasteiger partial charge in [-0.25, -0.2) is 0 Å². The summed E-state index contributed by atoms with van der Waals surface area (Å²) in [6.45, 7) is 7.22. The Morgan fingerprint density at radius 3 is 2.64 bits per heavy atom. The van der Waals surface area contributed by atoms with Gasteiger partial charge in [-0.2, -0.15) is 0 Å². The third-order valence-corrected chi connectivity index (χ3v) is 6.14. The Morgan fingerprint density at radius 2 is 2.00 bits per heavy atom. The van der Waals surface area contributed by atoms with E-state index in [0.29, 0.717) is 22.6 Å². The van der Waals surface area contributed by atoms with E-state index in [1.807, 2.05) is 30.0 Å². The van der Waals surface area contributed by atoms with Crippen LogP contribution in [0.4, 0.5) is 0 Å². The molecule has 1 N–H and O–H groups in total. The van der Waals surface area contributed by atoms with Crippen LogP contribution in [0.15, 0.2) is 48.5 Å². The van der Waals surface area contributed by atoms with Gasteiger partial charge in [0.05, 0.1) is 5.60 Å². The van der Waals surface area contributed by atoms with Crippen LogP contribution < -0.4 is 4.74 Å². The van der Waals surface area contributed by atoms with Crippen molar-refractivity contribution in [1.29, 1.82) is 0 Å². The average molecular weight is 380 g/mol. The minimum atomic E-state index is -0.885. The minimum Gasteiger partial charge on any atom is -0.490 e. The Kier molecular flexibility index (Phi) is 4.70. The van der Waals surface area contributed by atoms with Gasteiger partial charge >= 0.3 is 0 Å². The number of benzene rings is 2. The fourth-order valence-electron chi connectivity index (χ4n) is 4.45. The number of fused-ring (bicyclic) bond motifs is 1. The van der Waals surface area contributed by atoms with Crippen molar-refractivity contribution in [2.45, 2.75) is 44.6 Å². The topological polar surface area (TPSA) is 49.8 Å². The van der Waals surface area contributed by atoms with Gasteiger partial charge in [0.1, 0.15) is 12.4 Å². The third kappa shape index (κ3) is 3.66. The van der Waals surface area contributed by atoms with Crippen LogP contribution in [0, 0.1) is 12.8 Å². The van der Waals surface area contributed by atoms with Gasteiger partial charge in [-0.15, -0.1) is 0 Å². The highest BCUT2D eigenvalue weighted by Crippen LogP contribution is 2.59. The highest BCUT2D eigenvalue weighted by Gasteiger charge is 2.57. The average Bonchev–Trinajstić information content (AvgIpc) is 3.41. The lowest BCUT2D eigenvalue weighted by Crippen LogP contribution is -2.40. The SMILES string of the molecule is Cc1cc(C(=O)N2CC[C@@]3(c4ccccc4)C[C@@H]3C2)ccc1OCC(C)(C)O. The molecule has 2 aliphatic rings. The van der Waals surface area contributed by atoms with Crippen molar-refractivity contribution in [3.63, 3.8) is 0 Å². The molecular weight excluding hydrogens is 350 g/mol. The van der Waals surface area contributed by atoms with E-state index in [2.05, 4.69) is 30.3 Å². The van der Waals surface area contributed by atoms with E-state index in [1.54, 1.807) is 13.8 Å². The molecule has 1 heterocycles. The molecule has 2 atom stereocenters. The molecule has 1 saturated carbocycles. The first-order chi connectivity index (χ1) is 13.3. The van der Waals surface area contributed by atoms with Crippen molar-refractivity contribution in [2.24, 2.45) is 5.92 Å². The Labute approximate surface area is 167 Å². The number of rotatable bonds is 5. The lowest BCUT2D eigenvalue weighted by atomic mass is 9.87. The number of ether oxygens (including phenoxy) is 1. The number of aliphatic hydroxyl groups is 1. The zero-order chi connectivity index (χ0) is 19.9. The van der Waals surface area contributed by atoms with Crippen molar-refractivity contribution in [1.82, 2.24) is 4.90 Å². The molecule has 0 radical (unpaired) electrons. The molecule has 0 unspecified atom stereocenters. The summed E-state index contributed by atoms with van der Waals surface area (Å²) in [6, 6.07) is 16.3. The van der Waals surface area contributed by atoms with Gasteiger partial charge in [0.2, 0.25) is 0 Å². The second-order valence-electron chi connectivity index (χ2n) is 9.01. The number of carbonyl (C=O) groups is 1. The second kappa shape index (κ2) is 6.93. The molecule has 1 amide bonds. The van der Waals surface area contributed by atoms with Crippen molar-refractivity contribution < 1.29 is 14.6 Å². The van der Waals surface area contributed by atoms with Crippen molar-refractivity contribution in [2.75, 3.05) is 19.7 Å². The largest absolute Gasteiger partial charge is 0.490 e. The summed E-state index contributed by atoms with van der Waals surface area (Å²) in [7, 11) is 0. The standard InChI is InChI=1S/C24H29NO3/c1-17-13-18(9-10-21(17)28-16-23(2,3)27)22(26)25-12-11-24(14-20(24)15-25)19-7-5-4-6-8-19/h4-10,13,20,27H,11-12,14-16H2,1-3H3/t20-,24+/m1/s1. The summed E-state index contributed by atoms with van der Waals surface area (Å²) in [5.74, 6) is 1.39. The number of hydrogen-bond donors (Lipinski definition) is 1. The molecule has 2 aromatic carbocycles. The highest BCUT2D eigenvalue weighted by molar-refractivity contribution is 5.94. The van der Waals surface area contributed by atoms with Crippen LogP contribution in [0.5, 0.6) is 5.75 Å². The molecule has 1 aliphatic carbocycles. The zero-order valence-corrected chi connectivity index (χ0v) is 16.9. The molecule has 0 bridgehead atoms. The first-order valence-electron chi connectivity index (χ1n) is 10.1. The number of likely N-dealkylation sites (tertiary alicyclic amines) is 1. The number of piperidine rings is 1. The van der Waals surface area contributed by atoms with E-state index < -0.39 is 5.60 Å². The highest BCUT2D eigenvalue weighted by atomic mass is 16.5. The molecule has 1 saturated heterocycles. The number of amides is 1. The van der Waals surface area contributed by atoms with Gasteiger partial charge in [0, 0.05) is 24.1 Å². The predicted molar refractivity (Wildman–Crippen MR) is 110 cm³/mol. The molecular formula is C24H29NO3. The second-order valence-corrected chi connectivity index (χ2v) is 9.01. The summed E-state index contributed by atoms with van der Waals surface area (Å²) >= 11 is 0. The Morgan fingerprint density at radius 1 is 1.25 bits per heavy atom. The van der Waals surface area contributed by atoms with Gasteiger partial charge in [0.15, 0.2) is 0 Å². The number of carbonyl (C=O) groups excluding carboxylic acids is 1. The lowest BCUT2D eigenvalue weighted by Gasteiger charge is -2.32. The molecule has 0 spiro atoms. The Balaban J connectivity index is 1.42. The maximum atomic E-state index is 13.0. The van der Waals surface area contributed by atoms with E-state index in [1.165, 1.54) is 12.0 Å². The summed E-state index contributed by atoms with van der Waals surface area (Å²) in [4.78, 5) is 15.0. The van der Waals surface area contributed by atoms with Gasteiger partial charge in [-0.05, 0) is 68.9 Å². The first-order valence-corrected chi connectivity index (χ1v) is 10.1. The third-order valence-electron chi connectivity index (χ3n) is 6.14. The fourth-order valence-corrected chi connectivity index (χ4v) is 4.45. The van der Waals surface area contributed by atoms with E-state index in [4.69, 9.17) is 4.74 Å². The van der Waals surface area contributed by atoms with Crippen LogP contribution in [0.25, 0.3) is 0 Å². The van der Waals surface area contributed by atoms with Crippen molar-refractivity contribution in [3.8, 4) is 5.75 Å². The van der Waals surface area contributed by atoms with E-state index >= 15 is 0 Å². The Bertz CT molecular complexity index is 871. The molecule has 2 fully saturated rings. The zero-order valence-electron chi connectivity index (χ0n) is 16.9. The molecule has 4 rings (SSSR count). The molecule has 4 heteroatoms. The number of hydrogen-bond acceptors (Lipinski definition) is 3. The molecule has 28 heavy (non-hydrogen) atoms. The van der Waals surface area contributed by atoms with E-state index in [9.17, 15) is 9.90 Å². The van der Waals surface area contributed by atoms with Crippen LogP contribution in [0.2, 0.25) is 0 Å². The monoisotopic (exact) mass is 379 g/mol. The van der Waals surface area contributed by atoms with E-state index in [0.717, 1.165) is 25.1 Å². The van der Waals surface area contributed by atoms with Gasteiger partial charge in [0.25, 0.3) is 5.91 Å². The van der Waals surface area contributed by atoms with Crippen LogP contribution >= 0.6 is 0 Å². The normalized spacial score (nSPS) is 23.9. The molecule has 2 aromatic rings. The van der Waals surface area contributed by atoms with Crippen LogP contribution in [0.3, 0.4) is 0 Å². The van der Waals surface area contributed by atoms with Crippen LogP contribution in [-0.2, 0) is 5.41 Å². The van der Waals surface area contributed by atoms with Gasteiger partial charge < -0.3 is 14.7 Å². The summed E-state index contributed by atoms with van der Waals surface area (Å²) in [6.07, 6.45) is 2.22. The quantitative estimate of drug-likeness (QED) is 0.856. The molecule has 148 valence electrons. The lowest BCUT2D eigenvalue weighted by molar-refractivity contribution is 0.0282. The molecule has 0 aromatic heterocycles. The fraction of sp³-hybridized carbons (Fsp3) is 0.458. The molecule has 4 nitrogen and oxygen atoms in total. The minimum absolute atomic E-state index is 0.102. The van der Waals surface area contributed by atoms with Gasteiger partial charge in [-0.1, -0.05) is 30.3 Å². The van der Waals surface area contributed by atoms with Crippen LogP contribution in [0.1, 0.15) is 48.2 Å². The predicted octanol–water partition coefficient (Wildman–Crippen LogP) is 3.95. The maximum Gasteiger partial charge on any atom is 0.253 e. The van der Waals surface area contributed by atoms with Gasteiger partial charge in [-0.3, -0.25) is 4.79 Å². The van der Waals surface area contributed by atoms with Crippen molar-refractivity contribution >= 4 is 5.91 Å². The molecule has 1 aliphatic heterocycles. The number of aryl methyl sites for hydroxylation is 1. The first kappa shape index (κ1) is 19.0. The van der Waals surface area contributed by atoms with Crippen LogP contribution in [-0.4, -0.2) is 41.2 Å². The summed E-state index contributed by atoms with van der Waals surface area (Å²) in [5.41, 5.74) is 2.46. The van der Waals surface area contributed by atoms with Crippen molar-refractivity contribution in [3.05, 3.63) is 65.2 Å². The number of nitrogens with zero attached hydrogens (tertiary/aromatic N) is 1.